The van der Waals surface area contributed by atoms with Crippen LogP contribution in [0.5, 0.6) is 0 Å². The van der Waals surface area contributed by atoms with E-state index in [-0.39, 0.29) is 17.1 Å². The fourth-order valence-electron chi connectivity index (χ4n) is 1.37. The summed E-state index contributed by atoms with van der Waals surface area (Å²) in [6.07, 6.45) is 2.97. The Hall–Kier alpha value is -1.79. The Balaban J connectivity index is 2.17. The topological polar surface area (TPSA) is 85.3 Å². The molecule has 0 bridgehead atoms. The SMILES string of the molecule is Nc1ccccc1S(=O)(=O)NCc1ccoc1. The van der Waals surface area contributed by atoms with Gasteiger partial charge in [-0.15, -0.1) is 0 Å². The Labute approximate surface area is 99.3 Å². The third-order valence-corrected chi connectivity index (χ3v) is 3.73. The Morgan fingerprint density at radius 3 is 2.65 bits per heavy atom. The van der Waals surface area contributed by atoms with Gasteiger partial charge in [-0.2, -0.15) is 0 Å². The van der Waals surface area contributed by atoms with E-state index < -0.39 is 10.0 Å². The number of hydrogen-bond donors (Lipinski definition) is 2. The fourth-order valence-corrected chi connectivity index (χ4v) is 2.52. The Bertz CT molecular complexity index is 591. The van der Waals surface area contributed by atoms with E-state index in [4.69, 9.17) is 10.2 Å². The number of rotatable bonds is 4. The van der Waals surface area contributed by atoms with Crippen molar-refractivity contribution in [2.45, 2.75) is 11.4 Å². The van der Waals surface area contributed by atoms with Crippen LogP contribution in [0.15, 0.2) is 52.2 Å². The summed E-state index contributed by atoms with van der Waals surface area (Å²) < 4.78 is 31.2. The molecule has 1 aromatic heterocycles. The summed E-state index contributed by atoms with van der Waals surface area (Å²) in [5.41, 5.74) is 6.60. The second kappa shape index (κ2) is 4.60. The number of anilines is 1. The average molecular weight is 252 g/mol. The molecule has 0 amide bonds. The summed E-state index contributed by atoms with van der Waals surface area (Å²) in [5, 5.41) is 0. The second-order valence-corrected chi connectivity index (χ2v) is 5.23. The number of hydrogen-bond acceptors (Lipinski definition) is 4. The predicted octanol–water partition coefficient (Wildman–Crippen LogP) is 1.34. The molecule has 0 saturated heterocycles. The van der Waals surface area contributed by atoms with E-state index in [1.165, 1.54) is 18.6 Å². The van der Waals surface area contributed by atoms with Crippen molar-refractivity contribution in [3.63, 3.8) is 0 Å². The molecule has 0 unspecified atom stereocenters. The van der Waals surface area contributed by atoms with E-state index >= 15 is 0 Å². The number of nitrogens with two attached hydrogens (primary N) is 1. The normalized spacial score (nSPS) is 11.5. The molecule has 2 rings (SSSR count). The summed E-state index contributed by atoms with van der Waals surface area (Å²) in [4.78, 5) is 0.0866. The molecule has 5 nitrogen and oxygen atoms in total. The highest BCUT2D eigenvalue weighted by Crippen LogP contribution is 2.17. The molecule has 0 aliphatic rings. The summed E-state index contributed by atoms with van der Waals surface area (Å²) >= 11 is 0. The molecule has 0 aliphatic carbocycles. The van der Waals surface area contributed by atoms with E-state index in [9.17, 15) is 8.42 Å². The van der Waals surface area contributed by atoms with E-state index in [1.807, 2.05) is 0 Å². The van der Waals surface area contributed by atoms with Crippen molar-refractivity contribution in [3.8, 4) is 0 Å². The first kappa shape index (κ1) is 11.7. The lowest BCUT2D eigenvalue weighted by Crippen LogP contribution is -2.23. The van der Waals surface area contributed by atoms with Gasteiger partial charge in [0.15, 0.2) is 0 Å². The molecule has 0 radical (unpaired) electrons. The molecule has 0 atom stereocenters. The van der Waals surface area contributed by atoms with Crippen molar-refractivity contribution < 1.29 is 12.8 Å². The number of para-hydroxylation sites is 1. The zero-order valence-corrected chi connectivity index (χ0v) is 9.78. The molecular weight excluding hydrogens is 240 g/mol. The quantitative estimate of drug-likeness (QED) is 0.804. The van der Waals surface area contributed by atoms with Crippen molar-refractivity contribution >= 4 is 15.7 Å². The van der Waals surface area contributed by atoms with Crippen LogP contribution < -0.4 is 10.5 Å². The second-order valence-electron chi connectivity index (χ2n) is 3.49. The first-order chi connectivity index (χ1) is 8.09. The molecule has 0 fully saturated rings. The number of nitrogens with one attached hydrogen (secondary N) is 1. The summed E-state index contributed by atoms with van der Waals surface area (Å²) in [5.74, 6) is 0. The van der Waals surface area contributed by atoms with Gasteiger partial charge in [0.2, 0.25) is 10.0 Å². The molecule has 0 saturated carbocycles. The van der Waals surface area contributed by atoms with Crippen LogP contribution in [-0.2, 0) is 16.6 Å². The minimum absolute atomic E-state index is 0.0866. The molecule has 17 heavy (non-hydrogen) atoms. The van der Waals surface area contributed by atoms with Gasteiger partial charge >= 0.3 is 0 Å². The van der Waals surface area contributed by atoms with Crippen LogP contribution in [0.4, 0.5) is 5.69 Å². The summed E-state index contributed by atoms with van der Waals surface area (Å²) in [7, 11) is -3.58. The van der Waals surface area contributed by atoms with E-state index in [0.717, 1.165) is 5.56 Å². The lowest BCUT2D eigenvalue weighted by molar-refractivity contribution is 0.561. The first-order valence-electron chi connectivity index (χ1n) is 4.95. The number of furan rings is 1. The zero-order valence-electron chi connectivity index (χ0n) is 8.96. The van der Waals surface area contributed by atoms with Crippen LogP contribution in [0.1, 0.15) is 5.56 Å². The van der Waals surface area contributed by atoms with Crippen LogP contribution in [-0.4, -0.2) is 8.42 Å². The predicted molar refractivity (Wildman–Crippen MR) is 63.6 cm³/mol. The Kier molecular flexibility index (Phi) is 3.16. The van der Waals surface area contributed by atoms with Crippen molar-refractivity contribution in [1.29, 1.82) is 0 Å². The van der Waals surface area contributed by atoms with Crippen molar-refractivity contribution in [2.24, 2.45) is 0 Å². The molecule has 3 N–H and O–H groups in total. The van der Waals surface area contributed by atoms with Crippen LogP contribution in [0, 0.1) is 0 Å². The van der Waals surface area contributed by atoms with Gasteiger partial charge in [-0.1, -0.05) is 12.1 Å². The third-order valence-electron chi connectivity index (χ3n) is 2.25. The van der Waals surface area contributed by atoms with Gasteiger partial charge in [-0.3, -0.25) is 0 Å². The monoisotopic (exact) mass is 252 g/mol. The van der Waals surface area contributed by atoms with E-state index in [1.54, 1.807) is 24.3 Å². The maximum absolute atomic E-state index is 11.9. The van der Waals surface area contributed by atoms with Gasteiger partial charge in [-0.25, -0.2) is 13.1 Å². The maximum Gasteiger partial charge on any atom is 0.242 e. The van der Waals surface area contributed by atoms with Gasteiger partial charge in [0.05, 0.1) is 18.2 Å². The molecule has 6 heteroatoms. The lowest BCUT2D eigenvalue weighted by atomic mass is 10.3. The third kappa shape index (κ3) is 2.66. The summed E-state index contributed by atoms with van der Waals surface area (Å²) in [6.45, 7) is 0.174. The van der Waals surface area contributed by atoms with Gasteiger partial charge in [0.1, 0.15) is 4.90 Å². The highest BCUT2D eigenvalue weighted by molar-refractivity contribution is 7.89. The van der Waals surface area contributed by atoms with Gasteiger partial charge in [0.25, 0.3) is 0 Å². The maximum atomic E-state index is 11.9. The standard InChI is InChI=1S/C11H12N2O3S/c12-10-3-1-2-4-11(10)17(14,15)13-7-9-5-6-16-8-9/h1-6,8,13H,7,12H2. The highest BCUT2D eigenvalue weighted by atomic mass is 32.2. The minimum atomic E-state index is -3.58. The molecule has 90 valence electrons. The fraction of sp³-hybridized carbons (Fsp3) is 0.0909. The number of nitrogen functional groups attached to an aromatic ring is 1. The van der Waals surface area contributed by atoms with Gasteiger partial charge < -0.3 is 10.2 Å². The molecule has 2 aromatic rings. The molecule has 1 heterocycles. The average Bonchev–Trinajstić information content (AvgIpc) is 2.80. The van der Waals surface area contributed by atoms with Crippen molar-refractivity contribution in [2.75, 3.05) is 5.73 Å². The minimum Gasteiger partial charge on any atom is -0.472 e. The zero-order chi connectivity index (χ0) is 12.3. The van der Waals surface area contributed by atoms with Gasteiger partial charge in [0, 0.05) is 12.1 Å². The molecule has 0 spiro atoms. The Morgan fingerprint density at radius 1 is 1.24 bits per heavy atom. The van der Waals surface area contributed by atoms with Crippen LogP contribution in [0.3, 0.4) is 0 Å². The smallest absolute Gasteiger partial charge is 0.242 e. The van der Waals surface area contributed by atoms with Crippen molar-refractivity contribution in [3.05, 3.63) is 48.4 Å². The molecular formula is C11H12N2O3S. The van der Waals surface area contributed by atoms with Crippen LogP contribution in [0.25, 0.3) is 0 Å². The number of benzene rings is 1. The van der Waals surface area contributed by atoms with Crippen LogP contribution in [0.2, 0.25) is 0 Å². The van der Waals surface area contributed by atoms with Gasteiger partial charge in [-0.05, 0) is 18.2 Å². The molecule has 1 aromatic carbocycles. The van der Waals surface area contributed by atoms with E-state index in [0.29, 0.717) is 0 Å². The number of sulfonamides is 1. The van der Waals surface area contributed by atoms with E-state index in [2.05, 4.69) is 4.72 Å². The largest absolute Gasteiger partial charge is 0.472 e. The summed E-state index contributed by atoms with van der Waals surface area (Å²) in [6, 6.07) is 8.02. The first-order valence-corrected chi connectivity index (χ1v) is 6.43. The Morgan fingerprint density at radius 2 is 2.00 bits per heavy atom. The highest BCUT2D eigenvalue weighted by Gasteiger charge is 2.16. The lowest BCUT2D eigenvalue weighted by Gasteiger charge is -2.07. The van der Waals surface area contributed by atoms with Crippen molar-refractivity contribution in [1.82, 2.24) is 4.72 Å². The van der Waals surface area contributed by atoms with Crippen LogP contribution >= 0.6 is 0 Å². The molecule has 0 aliphatic heterocycles.